The normalized spacial score (nSPS) is 35.0. The first-order valence-corrected chi connectivity index (χ1v) is 10.1. The number of amides is 2. The second-order valence-electron chi connectivity index (χ2n) is 8.83. The largest absolute Gasteiger partial charge is 0.353 e. The maximum absolute atomic E-state index is 12.8. The predicted molar refractivity (Wildman–Crippen MR) is 95.3 cm³/mol. The van der Waals surface area contributed by atoms with Gasteiger partial charge in [-0.15, -0.1) is 0 Å². The Bertz CT molecular complexity index is 470. The molecule has 1 aliphatic heterocycles. The first kappa shape index (κ1) is 17.8. The highest BCUT2D eigenvalue weighted by atomic mass is 16.2. The lowest BCUT2D eigenvalue weighted by Crippen LogP contribution is -2.48. The molecule has 3 aliphatic rings. The van der Waals surface area contributed by atoms with Crippen LogP contribution in [0.4, 0.5) is 0 Å². The third-order valence-electron chi connectivity index (χ3n) is 6.64. The van der Waals surface area contributed by atoms with E-state index in [0.717, 1.165) is 19.3 Å². The van der Waals surface area contributed by atoms with Crippen molar-refractivity contribution in [2.75, 3.05) is 6.54 Å². The zero-order chi connectivity index (χ0) is 17.3. The number of hydrogen-bond donors (Lipinski definition) is 1. The molecule has 136 valence electrons. The molecule has 3 rings (SSSR count). The van der Waals surface area contributed by atoms with E-state index in [0.29, 0.717) is 36.8 Å². The van der Waals surface area contributed by atoms with E-state index >= 15 is 0 Å². The number of carbonyl (C=O) groups excluding carboxylic acids is 2. The summed E-state index contributed by atoms with van der Waals surface area (Å²) in [4.78, 5) is 27.1. The van der Waals surface area contributed by atoms with Crippen molar-refractivity contribution in [1.82, 2.24) is 10.2 Å². The van der Waals surface area contributed by atoms with Gasteiger partial charge in [-0.25, -0.2) is 0 Å². The van der Waals surface area contributed by atoms with Gasteiger partial charge in [-0.3, -0.25) is 9.59 Å². The fraction of sp³-hybridized carbons (Fsp3) is 0.900. The van der Waals surface area contributed by atoms with Gasteiger partial charge in [0.15, 0.2) is 0 Å². The molecule has 4 heteroatoms. The molecule has 4 atom stereocenters. The van der Waals surface area contributed by atoms with Crippen LogP contribution in [0.1, 0.15) is 72.1 Å². The second-order valence-corrected chi connectivity index (χ2v) is 8.83. The Morgan fingerprint density at radius 1 is 1.17 bits per heavy atom. The summed E-state index contributed by atoms with van der Waals surface area (Å²) in [5.74, 6) is 2.04. The minimum absolute atomic E-state index is 0.119. The predicted octanol–water partition coefficient (Wildman–Crippen LogP) is 3.35. The van der Waals surface area contributed by atoms with E-state index in [1.807, 2.05) is 4.90 Å². The van der Waals surface area contributed by atoms with Crippen molar-refractivity contribution in [3.05, 3.63) is 0 Å². The molecule has 24 heavy (non-hydrogen) atoms. The van der Waals surface area contributed by atoms with Crippen LogP contribution in [0.5, 0.6) is 0 Å². The highest BCUT2D eigenvalue weighted by Gasteiger charge is 2.40. The number of nitrogens with zero attached hydrogens (tertiary/aromatic N) is 1. The first-order chi connectivity index (χ1) is 11.5. The minimum atomic E-state index is -0.136. The number of hydrogen-bond acceptors (Lipinski definition) is 2. The lowest BCUT2D eigenvalue weighted by Gasteiger charge is -2.38. The second kappa shape index (κ2) is 7.45. The zero-order valence-electron chi connectivity index (χ0n) is 15.6. The van der Waals surface area contributed by atoms with Gasteiger partial charge in [-0.05, 0) is 43.4 Å². The number of likely N-dealkylation sites (tertiary alicyclic amines) is 1. The summed E-state index contributed by atoms with van der Waals surface area (Å²) in [6, 6.07) is 0.685. The minimum Gasteiger partial charge on any atom is -0.353 e. The summed E-state index contributed by atoms with van der Waals surface area (Å²) in [5, 5.41) is 3.34. The lowest BCUT2D eigenvalue weighted by molar-refractivity contribution is -0.130. The van der Waals surface area contributed by atoms with E-state index in [4.69, 9.17) is 0 Å². The van der Waals surface area contributed by atoms with Crippen LogP contribution in [0.3, 0.4) is 0 Å². The third kappa shape index (κ3) is 3.78. The Morgan fingerprint density at radius 2 is 1.88 bits per heavy atom. The van der Waals surface area contributed by atoms with Crippen molar-refractivity contribution >= 4 is 11.8 Å². The Morgan fingerprint density at radius 3 is 2.54 bits per heavy atom. The van der Waals surface area contributed by atoms with Crippen molar-refractivity contribution in [2.45, 2.75) is 84.2 Å². The first-order valence-electron chi connectivity index (χ1n) is 10.1. The molecule has 0 aromatic heterocycles. The van der Waals surface area contributed by atoms with Crippen LogP contribution in [0.25, 0.3) is 0 Å². The molecule has 0 spiro atoms. The molecule has 0 radical (unpaired) electrons. The fourth-order valence-electron chi connectivity index (χ4n) is 5.14. The van der Waals surface area contributed by atoms with Gasteiger partial charge in [0.25, 0.3) is 0 Å². The topological polar surface area (TPSA) is 49.4 Å². The van der Waals surface area contributed by atoms with Crippen molar-refractivity contribution in [2.24, 2.45) is 23.7 Å². The molecule has 0 aromatic rings. The standard InChI is InChI=1S/C20H34N2O2/c1-13(2)17-9-8-14(3)10-18(17)21-20(24)15-11-19(23)22(12-15)16-6-4-5-7-16/h13-18H,4-12H2,1-3H3,(H,21,24)/t14-,15+,17-,18+/m1/s1. The number of rotatable bonds is 4. The molecule has 2 amide bonds. The highest BCUT2D eigenvalue weighted by molar-refractivity contribution is 5.89. The molecule has 0 unspecified atom stereocenters. The van der Waals surface area contributed by atoms with Crippen molar-refractivity contribution in [3.63, 3.8) is 0 Å². The highest BCUT2D eigenvalue weighted by Crippen LogP contribution is 2.34. The van der Waals surface area contributed by atoms with Gasteiger partial charge in [-0.2, -0.15) is 0 Å². The Balaban J connectivity index is 1.58. The van der Waals surface area contributed by atoms with Crippen LogP contribution >= 0.6 is 0 Å². The van der Waals surface area contributed by atoms with E-state index in [1.54, 1.807) is 0 Å². The van der Waals surface area contributed by atoms with Gasteiger partial charge in [0, 0.05) is 25.0 Å². The van der Waals surface area contributed by atoms with Crippen LogP contribution in [0.15, 0.2) is 0 Å². The van der Waals surface area contributed by atoms with E-state index < -0.39 is 0 Å². The molecule has 0 aromatic carbocycles. The average molecular weight is 335 g/mol. The van der Waals surface area contributed by atoms with Gasteiger partial charge in [0.05, 0.1) is 5.92 Å². The van der Waals surface area contributed by atoms with Crippen LogP contribution in [-0.4, -0.2) is 35.3 Å². The van der Waals surface area contributed by atoms with Crippen molar-refractivity contribution < 1.29 is 9.59 Å². The SMILES string of the molecule is CC(C)[C@H]1CC[C@@H](C)C[C@@H]1NC(=O)[C@H]1CC(=O)N(C2CCCC2)C1. The van der Waals surface area contributed by atoms with Crippen LogP contribution in [0.2, 0.25) is 0 Å². The van der Waals surface area contributed by atoms with Crippen LogP contribution in [-0.2, 0) is 9.59 Å². The molecule has 0 bridgehead atoms. The van der Waals surface area contributed by atoms with Gasteiger partial charge in [0.1, 0.15) is 0 Å². The van der Waals surface area contributed by atoms with E-state index in [2.05, 4.69) is 26.1 Å². The fourth-order valence-corrected chi connectivity index (χ4v) is 5.14. The van der Waals surface area contributed by atoms with Gasteiger partial charge in [0.2, 0.25) is 11.8 Å². The molecule has 3 fully saturated rings. The number of carbonyl (C=O) groups is 2. The average Bonchev–Trinajstić information content (AvgIpc) is 3.16. The molecule has 2 saturated carbocycles. The van der Waals surface area contributed by atoms with Crippen LogP contribution < -0.4 is 5.32 Å². The lowest BCUT2D eigenvalue weighted by atomic mass is 9.74. The van der Waals surface area contributed by atoms with Gasteiger partial charge >= 0.3 is 0 Å². The summed E-state index contributed by atoms with van der Waals surface area (Å²) < 4.78 is 0. The summed E-state index contributed by atoms with van der Waals surface area (Å²) in [6.07, 6.45) is 8.67. The zero-order valence-corrected chi connectivity index (χ0v) is 15.6. The van der Waals surface area contributed by atoms with Gasteiger partial charge < -0.3 is 10.2 Å². The Kier molecular flexibility index (Phi) is 5.51. The molecular formula is C20H34N2O2. The summed E-state index contributed by atoms with van der Waals surface area (Å²) in [5.41, 5.74) is 0. The summed E-state index contributed by atoms with van der Waals surface area (Å²) >= 11 is 0. The van der Waals surface area contributed by atoms with Gasteiger partial charge in [-0.1, -0.05) is 40.0 Å². The maximum atomic E-state index is 12.8. The Labute approximate surface area is 146 Å². The molecule has 4 nitrogen and oxygen atoms in total. The monoisotopic (exact) mass is 334 g/mol. The summed E-state index contributed by atoms with van der Waals surface area (Å²) in [6.45, 7) is 7.46. The van der Waals surface area contributed by atoms with Crippen molar-refractivity contribution in [1.29, 1.82) is 0 Å². The van der Waals surface area contributed by atoms with E-state index in [1.165, 1.54) is 25.7 Å². The smallest absolute Gasteiger partial charge is 0.225 e. The third-order valence-corrected chi connectivity index (χ3v) is 6.64. The van der Waals surface area contributed by atoms with E-state index in [-0.39, 0.29) is 23.8 Å². The van der Waals surface area contributed by atoms with E-state index in [9.17, 15) is 9.59 Å². The van der Waals surface area contributed by atoms with Crippen LogP contribution in [0, 0.1) is 23.7 Å². The molecule has 2 aliphatic carbocycles. The van der Waals surface area contributed by atoms with Crippen molar-refractivity contribution in [3.8, 4) is 0 Å². The molecule has 1 saturated heterocycles. The molecular weight excluding hydrogens is 300 g/mol. The molecule has 1 heterocycles. The maximum Gasteiger partial charge on any atom is 0.225 e. The Hall–Kier alpha value is -1.06. The summed E-state index contributed by atoms with van der Waals surface area (Å²) in [7, 11) is 0. The number of nitrogens with one attached hydrogen (secondary N) is 1. The quantitative estimate of drug-likeness (QED) is 0.857. The molecule has 1 N–H and O–H groups in total.